The summed E-state index contributed by atoms with van der Waals surface area (Å²) in [7, 11) is -2.77. The van der Waals surface area contributed by atoms with Gasteiger partial charge in [-0.1, -0.05) is 35.3 Å². The van der Waals surface area contributed by atoms with E-state index in [0.29, 0.717) is 31.8 Å². The number of carbonyl (C=O) groups excluding carboxylic acids is 2. The van der Waals surface area contributed by atoms with Crippen LogP contribution in [0.5, 0.6) is 0 Å². The van der Waals surface area contributed by atoms with Crippen molar-refractivity contribution in [2.24, 2.45) is 0 Å². The van der Waals surface area contributed by atoms with Gasteiger partial charge in [0.15, 0.2) is 0 Å². The molecule has 3 amide bonds. The van der Waals surface area contributed by atoms with Gasteiger partial charge in [0.1, 0.15) is 0 Å². The van der Waals surface area contributed by atoms with Crippen LogP contribution in [-0.4, -0.2) is 41.7 Å². The normalized spacial score (nSPS) is 12.0. The van der Waals surface area contributed by atoms with Crippen molar-refractivity contribution in [1.82, 2.24) is 19.6 Å². The number of nitrogens with zero attached hydrogens (tertiary/aromatic N) is 3. The van der Waals surface area contributed by atoms with Crippen molar-refractivity contribution in [3.8, 4) is 11.3 Å². The van der Waals surface area contributed by atoms with Crippen LogP contribution in [0.25, 0.3) is 11.3 Å². The van der Waals surface area contributed by atoms with E-state index in [1.54, 1.807) is 37.6 Å². The maximum Gasteiger partial charge on any atom is 0.319 e. The summed E-state index contributed by atoms with van der Waals surface area (Å²) in [6.45, 7) is 2.90. The van der Waals surface area contributed by atoms with Crippen LogP contribution < -0.4 is 10.6 Å². The van der Waals surface area contributed by atoms with Gasteiger partial charge in [-0.2, -0.15) is 0 Å². The lowest BCUT2D eigenvalue weighted by atomic mass is 10.0. The molecule has 1 heterocycles. The van der Waals surface area contributed by atoms with Crippen LogP contribution in [0.4, 0.5) is 10.5 Å². The molecule has 12 heteroatoms. The number of carbonyl (C=O) groups is 2. The summed E-state index contributed by atoms with van der Waals surface area (Å²) < 4.78 is 25.4. The van der Waals surface area contributed by atoms with Crippen LogP contribution in [0, 0.1) is 0 Å². The van der Waals surface area contributed by atoms with E-state index in [1.165, 1.54) is 31.3 Å². The zero-order valence-corrected chi connectivity index (χ0v) is 20.7. The van der Waals surface area contributed by atoms with E-state index in [9.17, 15) is 18.0 Å². The van der Waals surface area contributed by atoms with Crippen molar-refractivity contribution in [2.75, 3.05) is 12.4 Å². The molecule has 0 fully saturated rings. The van der Waals surface area contributed by atoms with Crippen molar-refractivity contribution in [3.63, 3.8) is 0 Å². The fourth-order valence-electron chi connectivity index (χ4n) is 3.01. The standard InChI is InChI=1S/C22H21Cl2N5O4S/c1-13(17-8-9-18(21(24)20(17)23)19-12-25-10-11-26-19)27-22(31)28-15-4-6-16(7-5-15)34(32,33)29(3)14(2)30/h4-13H,1-3H3,(H2,27,28,31)/t13-/m0/s1. The lowest BCUT2D eigenvalue weighted by molar-refractivity contribution is -0.123. The second-order valence-electron chi connectivity index (χ2n) is 7.26. The number of sulfonamides is 1. The lowest BCUT2D eigenvalue weighted by Gasteiger charge is -2.18. The number of halogens is 2. The van der Waals surface area contributed by atoms with E-state index >= 15 is 0 Å². The molecule has 1 aromatic heterocycles. The number of anilines is 1. The number of benzene rings is 2. The van der Waals surface area contributed by atoms with Crippen LogP contribution in [0.3, 0.4) is 0 Å². The Labute approximate surface area is 207 Å². The summed E-state index contributed by atoms with van der Waals surface area (Å²) in [6, 6.07) is 7.91. The number of hydrogen-bond donors (Lipinski definition) is 2. The molecule has 0 aliphatic heterocycles. The SMILES string of the molecule is CC(=O)N(C)S(=O)(=O)c1ccc(NC(=O)N[C@@H](C)c2ccc(-c3cnccn3)c(Cl)c2Cl)cc1. The van der Waals surface area contributed by atoms with Crippen molar-refractivity contribution in [3.05, 3.63) is 70.6 Å². The molecular weight excluding hydrogens is 501 g/mol. The van der Waals surface area contributed by atoms with Gasteiger partial charge in [0.2, 0.25) is 5.91 Å². The van der Waals surface area contributed by atoms with E-state index in [-0.39, 0.29) is 9.92 Å². The van der Waals surface area contributed by atoms with Crippen molar-refractivity contribution in [2.45, 2.75) is 24.8 Å². The van der Waals surface area contributed by atoms with Gasteiger partial charge >= 0.3 is 6.03 Å². The highest BCUT2D eigenvalue weighted by molar-refractivity contribution is 7.89. The third kappa shape index (κ3) is 5.46. The van der Waals surface area contributed by atoms with Gasteiger partial charge in [-0.3, -0.25) is 14.8 Å². The largest absolute Gasteiger partial charge is 0.331 e. The average molecular weight is 522 g/mol. The fourth-order valence-corrected chi connectivity index (χ4v) is 4.75. The maximum absolute atomic E-state index is 12.5. The molecule has 3 rings (SSSR count). The number of aromatic nitrogens is 2. The Balaban J connectivity index is 1.70. The zero-order valence-electron chi connectivity index (χ0n) is 18.4. The number of nitrogens with one attached hydrogen (secondary N) is 2. The van der Waals surface area contributed by atoms with E-state index in [4.69, 9.17) is 23.2 Å². The molecule has 0 spiro atoms. The Bertz CT molecular complexity index is 1320. The highest BCUT2D eigenvalue weighted by atomic mass is 35.5. The minimum Gasteiger partial charge on any atom is -0.331 e. The first kappa shape index (κ1) is 25.4. The second kappa shape index (κ2) is 10.4. The lowest BCUT2D eigenvalue weighted by Crippen LogP contribution is -2.32. The minimum atomic E-state index is -3.95. The Morgan fingerprint density at radius 1 is 1.03 bits per heavy atom. The molecule has 9 nitrogen and oxygen atoms in total. The minimum absolute atomic E-state index is 0.0749. The number of rotatable bonds is 6. The summed E-state index contributed by atoms with van der Waals surface area (Å²) in [6.07, 6.45) is 4.67. The van der Waals surface area contributed by atoms with Crippen molar-refractivity contribution < 1.29 is 18.0 Å². The van der Waals surface area contributed by atoms with Crippen LogP contribution in [-0.2, 0) is 14.8 Å². The Kier molecular flexibility index (Phi) is 7.75. The van der Waals surface area contributed by atoms with Gasteiger partial charge < -0.3 is 10.6 Å². The van der Waals surface area contributed by atoms with Gasteiger partial charge in [-0.25, -0.2) is 17.5 Å². The molecule has 0 unspecified atom stereocenters. The monoisotopic (exact) mass is 521 g/mol. The number of hydrogen-bond acceptors (Lipinski definition) is 6. The van der Waals surface area contributed by atoms with Crippen LogP contribution >= 0.6 is 23.2 Å². The summed E-state index contributed by atoms with van der Waals surface area (Å²) in [4.78, 5) is 32.0. The highest BCUT2D eigenvalue weighted by Gasteiger charge is 2.23. The first-order chi connectivity index (χ1) is 16.0. The summed E-state index contributed by atoms with van der Waals surface area (Å²) in [5.74, 6) is -0.612. The molecule has 0 aliphatic carbocycles. The molecule has 34 heavy (non-hydrogen) atoms. The highest BCUT2D eigenvalue weighted by Crippen LogP contribution is 2.37. The van der Waals surface area contributed by atoms with Gasteiger partial charge in [-0.05, 0) is 36.8 Å². The van der Waals surface area contributed by atoms with Gasteiger partial charge in [0.05, 0.1) is 32.9 Å². The van der Waals surface area contributed by atoms with Gasteiger partial charge in [0.25, 0.3) is 10.0 Å². The molecule has 0 aliphatic rings. The third-order valence-electron chi connectivity index (χ3n) is 4.98. The van der Waals surface area contributed by atoms with E-state index in [0.717, 1.165) is 6.92 Å². The molecule has 178 valence electrons. The summed E-state index contributed by atoms with van der Waals surface area (Å²) in [5, 5.41) is 5.95. The summed E-state index contributed by atoms with van der Waals surface area (Å²) in [5.41, 5.74) is 2.14. The van der Waals surface area contributed by atoms with Crippen LogP contribution in [0.2, 0.25) is 10.0 Å². The Morgan fingerprint density at radius 2 is 1.71 bits per heavy atom. The first-order valence-corrected chi connectivity index (χ1v) is 12.1. The molecule has 0 saturated carbocycles. The van der Waals surface area contributed by atoms with Gasteiger partial charge in [-0.15, -0.1) is 0 Å². The van der Waals surface area contributed by atoms with Crippen molar-refractivity contribution in [1.29, 1.82) is 0 Å². The molecule has 3 aromatic rings. The quantitative estimate of drug-likeness (QED) is 0.492. The average Bonchev–Trinajstić information content (AvgIpc) is 2.80. The molecule has 0 bridgehead atoms. The molecule has 2 aromatic carbocycles. The molecular formula is C22H21Cl2N5O4S. The van der Waals surface area contributed by atoms with Crippen LogP contribution in [0.15, 0.2) is 59.9 Å². The zero-order chi connectivity index (χ0) is 25.0. The predicted molar refractivity (Wildman–Crippen MR) is 130 cm³/mol. The molecule has 0 saturated heterocycles. The topological polar surface area (TPSA) is 121 Å². The van der Waals surface area contributed by atoms with Crippen molar-refractivity contribution >= 4 is 50.9 Å². The fraction of sp³-hybridized carbons (Fsp3) is 0.182. The predicted octanol–water partition coefficient (Wildman–Crippen LogP) is 4.50. The first-order valence-electron chi connectivity index (χ1n) is 9.93. The third-order valence-corrected chi connectivity index (χ3v) is 7.72. The van der Waals surface area contributed by atoms with E-state index in [2.05, 4.69) is 20.6 Å². The second-order valence-corrected chi connectivity index (χ2v) is 9.98. The van der Waals surface area contributed by atoms with E-state index < -0.39 is 28.0 Å². The van der Waals surface area contributed by atoms with Crippen LogP contribution in [0.1, 0.15) is 25.5 Å². The molecule has 0 radical (unpaired) electrons. The Morgan fingerprint density at radius 3 is 2.29 bits per heavy atom. The number of amides is 3. The smallest absolute Gasteiger partial charge is 0.319 e. The Hall–Kier alpha value is -3.21. The molecule has 1 atom stereocenters. The van der Waals surface area contributed by atoms with E-state index in [1.807, 2.05) is 0 Å². The number of urea groups is 1. The molecule has 2 N–H and O–H groups in total. The summed E-state index contributed by atoms with van der Waals surface area (Å²) >= 11 is 12.9. The maximum atomic E-state index is 12.5. The van der Waals surface area contributed by atoms with Gasteiger partial charge in [0, 0.05) is 37.6 Å².